The van der Waals surface area contributed by atoms with E-state index in [4.69, 9.17) is 16.6 Å². The molecule has 0 spiro atoms. The summed E-state index contributed by atoms with van der Waals surface area (Å²) < 4.78 is 5.61. The standard InChI is InChI=1S/C14H14N4O3S/c19-18(20)11-6-4-10(5-7-11)16-14(22)17-13-15-8-12(21-13)9-2-1-3-9/h4-9H,1-3H2,(H2,15,16,17,22). The number of non-ortho nitro benzene ring substituents is 1. The molecule has 0 saturated heterocycles. The second-order valence-electron chi connectivity index (χ2n) is 5.08. The average molecular weight is 318 g/mol. The Bertz CT molecular complexity index is 694. The molecule has 1 aliphatic rings. The molecule has 1 aliphatic carbocycles. The van der Waals surface area contributed by atoms with Crippen molar-refractivity contribution in [2.24, 2.45) is 0 Å². The summed E-state index contributed by atoms with van der Waals surface area (Å²) in [7, 11) is 0. The van der Waals surface area contributed by atoms with E-state index in [2.05, 4.69) is 15.6 Å². The molecule has 0 radical (unpaired) electrons. The van der Waals surface area contributed by atoms with Crippen LogP contribution in [0.1, 0.15) is 30.9 Å². The zero-order valence-corrected chi connectivity index (χ0v) is 12.4. The number of anilines is 2. The zero-order valence-electron chi connectivity index (χ0n) is 11.6. The van der Waals surface area contributed by atoms with Gasteiger partial charge in [0, 0.05) is 23.7 Å². The van der Waals surface area contributed by atoms with Crippen LogP contribution in [0.2, 0.25) is 0 Å². The molecule has 8 heteroatoms. The lowest BCUT2D eigenvalue weighted by Gasteiger charge is -2.22. The van der Waals surface area contributed by atoms with Crippen molar-refractivity contribution in [1.82, 2.24) is 4.98 Å². The van der Waals surface area contributed by atoms with Gasteiger partial charge in [-0.1, -0.05) is 6.42 Å². The van der Waals surface area contributed by atoms with Crippen LogP contribution in [0.5, 0.6) is 0 Å². The second-order valence-corrected chi connectivity index (χ2v) is 5.49. The highest BCUT2D eigenvalue weighted by Gasteiger charge is 2.23. The van der Waals surface area contributed by atoms with E-state index in [1.807, 2.05) is 0 Å². The van der Waals surface area contributed by atoms with Crippen molar-refractivity contribution in [1.29, 1.82) is 0 Å². The molecule has 1 fully saturated rings. The Morgan fingerprint density at radius 2 is 2.05 bits per heavy atom. The van der Waals surface area contributed by atoms with Gasteiger partial charge in [0.25, 0.3) is 5.69 Å². The maximum absolute atomic E-state index is 10.6. The van der Waals surface area contributed by atoms with Gasteiger partial charge in [0.2, 0.25) is 0 Å². The zero-order chi connectivity index (χ0) is 15.5. The highest BCUT2D eigenvalue weighted by molar-refractivity contribution is 7.80. The van der Waals surface area contributed by atoms with Crippen LogP contribution < -0.4 is 10.6 Å². The summed E-state index contributed by atoms with van der Waals surface area (Å²) in [6.45, 7) is 0. The van der Waals surface area contributed by atoms with E-state index in [0.29, 0.717) is 22.7 Å². The van der Waals surface area contributed by atoms with Crippen LogP contribution in [0.4, 0.5) is 17.4 Å². The van der Waals surface area contributed by atoms with Gasteiger partial charge >= 0.3 is 6.01 Å². The maximum atomic E-state index is 10.6. The van der Waals surface area contributed by atoms with Crippen LogP contribution in [0.25, 0.3) is 0 Å². The monoisotopic (exact) mass is 318 g/mol. The van der Waals surface area contributed by atoms with Crippen LogP contribution in [0.3, 0.4) is 0 Å². The predicted octanol–water partition coefficient (Wildman–Crippen LogP) is 3.66. The van der Waals surface area contributed by atoms with Crippen molar-refractivity contribution in [3.63, 3.8) is 0 Å². The highest BCUT2D eigenvalue weighted by atomic mass is 32.1. The Morgan fingerprint density at radius 3 is 2.64 bits per heavy atom. The minimum Gasteiger partial charge on any atom is -0.428 e. The van der Waals surface area contributed by atoms with Crippen LogP contribution in [-0.4, -0.2) is 15.0 Å². The van der Waals surface area contributed by atoms with Crippen molar-refractivity contribution >= 4 is 34.7 Å². The van der Waals surface area contributed by atoms with Crippen LogP contribution in [0, 0.1) is 10.1 Å². The second kappa shape index (κ2) is 6.10. The molecular formula is C14H14N4O3S. The van der Waals surface area contributed by atoms with E-state index in [1.54, 1.807) is 18.3 Å². The molecule has 1 heterocycles. The summed E-state index contributed by atoms with van der Waals surface area (Å²) >= 11 is 5.16. The van der Waals surface area contributed by atoms with Gasteiger partial charge in [-0.2, -0.15) is 0 Å². The normalized spacial score (nSPS) is 14.2. The van der Waals surface area contributed by atoms with E-state index in [9.17, 15) is 10.1 Å². The number of benzene rings is 1. The number of nitro benzene ring substituents is 1. The van der Waals surface area contributed by atoms with Crippen LogP contribution >= 0.6 is 12.2 Å². The predicted molar refractivity (Wildman–Crippen MR) is 86.0 cm³/mol. The Hall–Kier alpha value is -2.48. The average Bonchev–Trinajstić information content (AvgIpc) is 2.85. The third-order valence-corrected chi connectivity index (χ3v) is 3.79. The lowest BCUT2D eigenvalue weighted by Crippen LogP contribution is -2.19. The number of aromatic nitrogens is 1. The first-order valence-corrected chi connectivity index (χ1v) is 7.31. The molecule has 0 aliphatic heterocycles. The smallest absolute Gasteiger partial charge is 0.301 e. The molecule has 1 aromatic heterocycles. The summed E-state index contributed by atoms with van der Waals surface area (Å²) in [5.41, 5.74) is 0.677. The molecule has 114 valence electrons. The number of nitro groups is 1. The van der Waals surface area contributed by atoms with Crippen molar-refractivity contribution in [2.75, 3.05) is 10.6 Å². The molecule has 0 unspecified atom stereocenters. The molecule has 7 nitrogen and oxygen atoms in total. The maximum Gasteiger partial charge on any atom is 0.301 e. The Kier molecular flexibility index (Phi) is 4.01. The molecule has 22 heavy (non-hydrogen) atoms. The quantitative estimate of drug-likeness (QED) is 0.505. The number of thiocarbonyl (C=S) groups is 1. The van der Waals surface area contributed by atoms with Crippen molar-refractivity contribution < 1.29 is 9.34 Å². The molecule has 0 atom stereocenters. The SMILES string of the molecule is O=[N+]([O-])c1ccc(NC(=S)Nc2ncc(C3CCC3)o2)cc1. The molecule has 1 saturated carbocycles. The lowest BCUT2D eigenvalue weighted by molar-refractivity contribution is -0.384. The van der Waals surface area contributed by atoms with Gasteiger partial charge < -0.3 is 9.73 Å². The Labute approximate surface area is 131 Å². The first-order chi connectivity index (χ1) is 10.6. The van der Waals surface area contributed by atoms with Crippen molar-refractivity contribution in [3.05, 3.63) is 46.3 Å². The minimum atomic E-state index is -0.449. The van der Waals surface area contributed by atoms with Gasteiger partial charge in [0.15, 0.2) is 5.11 Å². The fourth-order valence-corrected chi connectivity index (χ4v) is 2.36. The van der Waals surface area contributed by atoms with Gasteiger partial charge in [-0.05, 0) is 37.2 Å². The Morgan fingerprint density at radius 1 is 1.32 bits per heavy atom. The molecule has 3 rings (SSSR count). The van der Waals surface area contributed by atoms with E-state index in [1.165, 1.54) is 18.6 Å². The van der Waals surface area contributed by atoms with Gasteiger partial charge in [-0.25, -0.2) is 4.98 Å². The number of nitrogens with one attached hydrogen (secondary N) is 2. The molecule has 0 amide bonds. The third kappa shape index (κ3) is 3.22. The molecule has 2 aromatic rings. The topological polar surface area (TPSA) is 93.2 Å². The van der Waals surface area contributed by atoms with E-state index >= 15 is 0 Å². The number of oxazole rings is 1. The summed E-state index contributed by atoms with van der Waals surface area (Å²) in [5, 5.41) is 16.7. The highest BCUT2D eigenvalue weighted by Crippen LogP contribution is 2.37. The first-order valence-electron chi connectivity index (χ1n) is 6.90. The van der Waals surface area contributed by atoms with E-state index in [0.717, 1.165) is 18.6 Å². The fourth-order valence-electron chi connectivity index (χ4n) is 2.15. The molecule has 2 N–H and O–H groups in total. The summed E-state index contributed by atoms with van der Waals surface area (Å²) in [6, 6.07) is 6.33. The first kappa shape index (κ1) is 14.5. The van der Waals surface area contributed by atoms with Crippen molar-refractivity contribution in [2.45, 2.75) is 25.2 Å². The molecule has 0 bridgehead atoms. The summed E-state index contributed by atoms with van der Waals surface area (Å²) in [5.74, 6) is 1.35. The van der Waals surface area contributed by atoms with Crippen LogP contribution in [0.15, 0.2) is 34.9 Å². The van der Waals surface area contributed by atoms with Gasteiger partial charge in [0.05, 0.1) is 11.1 Å². The minimum absolute atomic E-state index is 0.0299. The fraction of sp³-hybridized carbons (Fsp3) is 0.286. The summed E-state index contributed by atoms with van der Waals surface area (Å²) in [6.07, 6.45) is 5.23. The van der Waals surface area contributed by atoms with Gasteiger partial charge in [0.1, 0.15) is 5.76 Å². The number of hydrogen-bond acceptors (Lipinski definition) is 5. The van der Waals surface area contributed by atoms with E-state index < -0.39 is 4.92 Å². The third-order valence-electron chi connectivity index (χ3n) is 3.59. The molecule has 1 aromatic carbocycles. The summed E-state index contributed by atoms with van der Waals surface area (Å²) in [4.78, 5) is 14.3. The van der Waals surface area contributed by atoms with Crippen molar-refractivity contribution in [3.8, 4) is 0 Å². The van der Waals surface area contributed by atoms with Gasteiger partial charge in [-0.15, -0.1) is 0 Å². The molecular weight excluding hydrogens is 304 g/mol. The van der Waals surface area contributed by atoms with Gasteiger partial charge in [-0.3, -0.25) is 15.4 Å². The largest absolute Gasteiger partial charge is 0.428 e. The Balaban J connectivity index is 1.57. The lowest BCUT2D eigenvalue weighted by atomic mass is 9.84. The van der Waals surface area contributed by atoms with Crippen LogP contribution in [-0.2, 0) is 0 Å². The number of rotatable bonds is 4. The van der Waals surface area contributed by atoms with E-state index in [-0.39, 0.29) is 5.69 Å². The number of hydrogen-bond donors (Lipinski definition) is 2. The number of nitrogens with zero attached hydrogens (tertiary/aromatic N) is 2.